The van der Waals surface area contributed by atoms with Crippen molar-refractivity contribution in [3.05, 3.63) is 81.1 Å². The van der Waals surface area contributed by atoms with Gasteiger partial charge in [0, 0.05) is 56.4 Å². The number of hydrogen-bond acceptors (Lipinski definition) is 5. The van der Waals surface area contributed by atoms with Crippen molar-refractivity contribution < 1.29 is 32.2 Å². The molecule has 4 aromatic rings. The van der Waals surface area contributed by atoms with E-state index >= 15 is 0 Å². The van der Waals surface area contributed by atoms with Crippen LogP contribution in [0.3, 0.4) is 0 Å². The fraction of sp³-hybridized carbons (Fsp3) is 0.310. The van der Waals surface area contributed by atoms with E-state index in [0.717, 1.165) is 23.5 Å². The molecule has 1 amide bonds. The molecule has 1 saturated heterocycles. The summed E-state index contributed by atoms with van der Waals surface area (Å²) in [6.45, 7) is 2.99. The summed E-state index contributed by atoms with van der Waals surface area (Å²) in [5, 5.41) is 10.9. The van der Waals surface area contributed by atoms with Crippen molar-refractivity contribution in [3.8, 4) is 22.6 Å². The zero-order valence-corrected chi connectivity index (χ0v) is 22.8. The summed E-state index contributed by atoms with van der Waals surface area (Å²) in [4.78, 5) is 27.9. The van der Waals surface area contributed by atoms with Gasteiger partial charge in [-0.1, -0.05) is 6.07 Å². The lowest BCUT2D eigenvalue weighted by Crippen LogP contribution is -2.42. The largest absolute Gasteiger partial charge is 0.454 e. The van der Waals surface area contributed by atoms with Gasteiger partial charge in [0.25, 0.3) is 17.4 Å². The van der Waals surface area contributed by atoms with Crippen LogP contribution in [0.1, 0.15) is 41.9 Å². The highest BCUT2D eigenvalue weighted by atomic mass is 32.1. The normalized spacial score (nSPS) is 15.4. The van der Waals surface area contributed by atoms with Crippen LogP contribution in [0, 0.1) is 11.6 Å². The van der Waals surface area contributed by atoms with Gasteiger partial charge in [0.15, 0.2) is 11.6 Å². The number of benzene rings is 2. The molecule has 2 aromatic heterocycles. The molecule has 0 saturated carbocycles. The van der Waals surface area contributed by atoms with Crippen molar-refractivity contribution in [1.29, 1.82) is 0 Å². The maximum absolute atomic E-state index is 14.5. The van der Waals surface area contributed by atoms with Crippen LogP contribution < -0.4 is 10.3 Å². The number of likely N-dealkylation sites (tertiary alicyclic amines) is 1. The number of thiophene rings is 1. The Morgan fingerprint density at radius 3 is 2.35 bits per heavy atom. The van der Waals surface area contributed by atoms with Crippen molar-refractivity contribution in [1.82, 2.24) is 9.47 Å². The van der Waals surface area contributed by atoms with Gasteiger partial charge in [-0.25, -0.2) is 17.6 Å². The monoisotopic (exact) mass is 574 g/mol. The lowest BCUT2D eigenvalue weighted by molar-refractivity contribution is -0.0493. The van der Waals surface area contributed by atoms with Crippen molar-refractivity contribution in [2.75, 3.05) is 13.1 Å². The van der Waals surface area contributed by atoms with Crippen LogP contribution in [0.5, 0.6) is 11.5 Å². The number of piperidine rings is 1. The van der Waals surface area contributed by atoms with Crippen LogP contribution in [0.25, 0.3) is 21.2 Å². The average Bonchev–Trinajstić information content (AvgIpc) is 3.33. The highest BCUT2D eigenvalue weighted by Crippen LogP contribution is 2.42. The number of rotatable bonds is 5. The smallest absolute Gasteiger partial charge is 0.263 e. The van der Waals surface area contributed by atoms with E-state index in [1.54, 1.807) is 32.2 Å². The number of alkyl halides is 2. The minimum absolute atomic E-state index is 0.0974. The number of ether oxygens (including phenoxy) is 1. The van der Waals surface area contributed by atoms with Gasteiger partial charge in [0.05, 0.1) is 20.6 Å². The first-order valence-electron chi connectivity index (χ1n) is 12.5. The number of halogens is 4. The second-order valence-electron chi connectivity index (χ2n) is 10.4. The summed E-state index contributed by atoms with van der Waals surface area (Å²) < 4.78 is 62.9. The second-order valence-corrected chi connectivity index (χ2v) is 11.5. The number of aryl methyl sites for hydroxylation is 1. The molecule has 1 aliphatic heterocycles. The molecule has 6 nitrogen and oxygen atoms in total. The number of aliphatic hydroxyl groups is 1. The molecular weight excluding hydrogens is 548 g/mol. The molecule has 1 N–H and O–H groups in total. The molecule has 1 aliphatic rings. The number of nitrogens with zero attached hydrogens (tertiary/aromatic N) is 2. The first-order valence-corrected chi connectivity index (χ1v) is 13.4. The molecule has 40 heavy (non-hydrogen) atoms. The molecule has 3 heterocycles. The third-order valence-corrected chi connectivity index (χ3v) is 8.09. The minimum Gasteiger partial charge on any atom is -0.454 e. The lowest BCUT2D eigenvalue weighted by atomic mass is 9.94. The van der Waals surface area contributed by atoms with E-state index in [9.17, 15) is 32.3 Å². The van der Waals surface area contributed by atoms with Crippen LogP contribution >= 0.6 is 11.3 Å². The van der Waals surface area contributed by atoms with Crippen molar-refractivity contribution in [2.24, 2.45) is 7.05 Å². The van der Waals surface area contributed by atoms with Crippen LogP contribution in [-0.4, -0.2) is 39.5 Å². The Hall–Kier alpha value is -3.70. The van der Waals surface area contributed by atoms with Crippen LogP contribution in [-0.2, 0) is 12.6 Å². The van der Waals surface area contributed by atoms with Gasteiger partial charge in [-0.05, 0) is 49.7 Å². The molecule has 0 bridgehead atoms. The maximum atomic E-state index is 14.5. The third kappa shape index (κ3) is 5.35. The Labute approximate surface area is 231 Å². The summed E-state index contributed by atoms with van der Waals surface area (Å²) in [6.07, 6.45) is 0.691. The van der Waals surface area contributed by atoms with E-state index in [2.05, 4.69) is 0 Å². The zero-order chi connectivity index (χ0) is 29.0. The fourth-order valence-corrected chi connectivity index (χ4v) is 5.77. The number of amides is 1. The Kier molecular flexibility index (Phi) is 6.99. The van der Waals surface area contributed by atoms with Gasteiger partial charge < -0.3 is 19.3 Å². The van der Waals surface area contributed by atoms with Crippen LogP contribution in [0.2, 0.25) is 0 Å². The minimum atomic E-state index is -2.81. The molecule has 2 aromatic carbocycles. The molecule has 0 radical (unpaired) electrons. The second kappa shape index (κ2) is 10.0. The Balaban J connectivity index is 1.66. The summed E-state index contributed by atoms with van der Waals surface area (Å²) in [7, 11) is 1.54. The molecule has 0 aliphatic carbocycles. The highest BCUT2D eigenvalue weighted by molar-refractivity contribution is 7.21. The van der Waals surface area contributed by atoms with E-state index in [0.29, 0.717) is 27.5 Å². The molecule has 0 unspecified atom stereocenters. The average molecular weight is 575 g/mol. The van der Waals surface area contributed by atoms with E-state index in [1.165, 1.54) is 28.6 Å². The zero-order valence-electron chi connectivity index (χ0n) is 21.9. The highest BCUT2D eigenvalue weighted by Gasteiger charge is 2.36. The van der Waals surface area contributed by atoms with Crippen LogP contribution in [0.4, 0.5) is 17.6 Å². The first kappa shape index (κ1) is 27.9. The van der Waals surface area contributed by atoms with Gasteiger partial charge in [0.2, 0.25) is 0 Å². The van der Waals surface area contributed by atoms with E-state index < -0.39 is 41.9 Å². The Morgan fingerprint density at radius 2 is 1.70 bits per heavy atom. The standard InChI is InChI=1S/C29H26F4N2O4S/c1-28(2,38)16-4-6-22(39-23-7-5-17(30)13-21(23)31)18(12-16)20-15-34(3)26(36)19-14-24(40-25(19)20)27(37)35-10-8-29(32,33)9-11-35/h4-7,12-15,38H,8-11H2,1-3H3. The van der Waals surface area contributed by atoms with E-state index in [-0.39, 0.29) is 40.4 Å². The predicted molar refractivity (Wildman–Crippen MR) is 144 cm³/mol. The molecule has 1 fully saturated rings. The van der Waals surface area contributed by atoms with Crippen molar-refractivity contribution >= 4 is 27.3 Å². The molecule has 11 heteroatoms. The van der Waals surface area contributed by atoms with E-state index in [4.69, 9.17) is 4.74 Å². The lowest BCUT2D eigenvalue weighted by Gasteiger charge is -2.31. The SMILES string of the molecule is Cn1cc(-c2cc(C(C)(C)O)ccc2Oc2ccc(F)cc2F)c2sc(C(=O)N3CCC(F)(F)CC3)cc2c1=O. The summed E-state index contributed by atoms with van der Waals surface area (Å²) >= 11 is 1.04. The van der Waals surface area contributed by atoms with Gasteiger partial charge in [-0.15, -0.1) is 11.3 Å². The molecule has 5 rings (SSSR count). The fourth-order valence-electron chi connectivity index (χ4n) is 4.63. The summed E-state index contributed by atoms with van der Waals surface area (Å²) in [6, 6.07) is 9.15. The van der Waals surface area contributed by atoms with Gasteiger partial charge in [-0.2, -0.15) is 0 Å². The number of carbonyl (C=O) groups is 1. The summed E-state index contributed by atoms with van der Waals surface area (Å²) in [5.41, 5.74) is -0.276. The molecule has 210 valence electrons. The van der Waals surface area contributed by atoms with Crippen LogP contribution in [0.15, 0.2) is 53.5 Å². The number of hydrogen-bond donors (Lipinski definition) is 1. The number of carbonyl (C=O) groups excluding carboxylic acids is 1. The number of fused-ring (bicyclic) bond motifs is 1. The Morgan fingerprint density at radius 1 is 1.02 bits per heavy atom. The van der Waals surface area contributed by atoms with Gasteiger partial charge in [-0.3, -0.25) is 9.59 Å². The third-order valence-electron chi connectivity index (χ3n) is 6.93. The maximum Gasteiger partial charge on any atom is 0.263 e. The van der Waals surface area contributed by atoms with Gasteiger partial charge in [0.1, 0.15) is 11.6 Å². The number of aromatic nitrogens is 1. The molecule has 0 spiro atoms. The van der Waals surface area contributed by atoms with E-state index in [1.807, 2.05) is 0 Å². The number of pyridine rings is 1. The molecule has 0 atom stereocenters. The van der Waals surface area contributed by atoms with Gasteiger partial charge >= 0.3 is 0 Å². The topological polar surface area (TPSA) is 71.8 Å². The van der Waals surface area contributed by atoms with Crippen molar-refractivity contribution in [3.63, 3.8) is 0 Å². The predicted octanol–water partition coefficient (Wildman–Crippen LogP) is 6.44. The first-order chi connectivity index (χ1) is 18.7. The quantitative estimate of drug-likeness (QED) is 0.279. The summed E-state index contributed by atoms with van der Waals surface area (Å²) in [5.74, 6) is -5.01. The molecular formula is C29H26F4N2O4S. The Bertz CT molecular complexity index is 1680. The van der Waals surface area contributed by atoms with Crippen molar-refractivity contribution in [2.45, 2.75) is 38.2 Å².